The second-order valence-corrected chi connectivity index (χ2v) is 6.07. The minimum Gasteiger partial charge on any atom is -0.494 e. The van der Waals surface area contributed by atoms with Gasteiger partial charge < -0.3 is 14.8 Å². The third-order valence-corrected chi connectivity index (χ3v) is 3.45. The van der Waals surface area contributed by atoms with E-state index >= 15 is 0 Å². The van der Waals surface area contributed by atoms with Crippen molar-refractivity contribution in [3.05, 3.63) is 24.3 Å². The van der Waals surface area contributed by atoms with E-state index in [2.05, 4.69) is 27.9 Å². The fourth-order valence-electron chi connectivity index (χ4n) is 1.65. The monoisotopic (exact) mass is 405 g/mol. The van der Waals surface area contributed by atoms with Crippen LogP contribution in [0.15, 0.2) is 24.3 Å². The molecule has 118 valence electrons. The summed E-state index contributed by atoms with van der Waals surface area (Å²) in [5.74, 6) is 0.851. The fourth-order valence-corrected chi connectivity index (χ4v) is 1.97. The largest absolute Gasteiger partial charge is 0.494 e. The number of anilines is 1. The number of carbonyl (C=O) groups excluding carboxylic acids is 1. The Morgan fingerprint density at radius 3 is 2.52 bits per heavy atom. The summed E-state index contributed by atoms with van der Waals surface area (Å²) in [5, 5.41) is 2.87. The lowest BCUT2D eigenvalue weighted by molar-refractivity contribution is -0.116. The molecule has 0 aliphatic rings. The molecule has 1 rings (SSSR count). The van der Waals surface area contributed by atoms with Crippen molar-refractivity contribution in [3.63, 3.8) is 0 Å². The van der Waals surface area contributed by atoms with Crippen molar-refractivity contribution in [2.24, 2.45) is 0 Å². The number of alkyl halides is 1. The van der Waals surface area contributed by atoms with Crippen molar-refractivity contribution in [1.82, 2.24) is 0 Å². The standard InChI is InChI=1S/C16H24INO3/c1-13(2)20-11-3-5-16(19)18-14-6-8-15(9-7-14)21-12-4-10-17/h6-9,13H,3-5,10-12H2,1-2H3,(H,18,19). The zero-order valence-corrected chi connectivity index (χ0v) is 14.9. The van der Waals surface area contributed by atoms with Crippen LogP contribution in [0.25, 0.3) is 0 Å². The second-order valence-electron chi connectivity index (χ2n) is 4.99. The third-order valence-electron chi connectivity index (χ3n) is 2.68. The highest BCUT2D eigenvalue weighted by atomic mass is 127. The molecule has 0 saturated heterocycles. The maximum Gasteiger partial charge on any atom is 0.224 e. The summed E-state index contributed by atoms with van der Waals surface area (Å²) < 4.78 is 12.1. The number of hydrogen-bond acceptors (Lipinski definition) is 3. The predicted octanol–water partition coefficient (Wildman–Crippen LogP) is 4.03. The molecule has 0 radical (unpaired) electrons. The molecule has 0 aliphatic heterocycles. The van der Waals surface area contributed by atoms with Crippen molar-refractivity contribution in [3.8, 4) is 5.75 Å². The van der Waals surface area contributed by atoms with E-state index < -0.39 is 0 Å². The van der Waals surface area contributed by atoms with Crippen LogP contribution in [0.1, 0.15) is 33.1 Å². The van der Waals surface area contributed by atoms with Crippen molar-refractivity contribution >= 4 is 34.2 Å². The number of rotatable bonds is 10. The van der Waals surface area contributed by atoms with Crippen molar-refractivity contribution in [2.75, 3.05) is 23.0 Å². The Bertz CT molecular complexity index is 406. The van der Waals surface area contributed by atoms with Gasteiger partial charge in [0, 0.05) is 23.1 Å². The fraction of sp³-hybridized carbons (Fsp3) is 0.562. The van der Waals surface area contributed by atoms with E-state index in [1.54, 1.807) is 0 Å². The number of nitrogens with one attached hydrogen (secondary N) is 1. The molecule has 5 heteroatoms. The summed E-state index contributed by atoms with van der Waals surface area (Å²) in [6, 6.07) is 7.49. The highest BCUT2D eigenvalue weighted by Crippen LogP contribution is 2.16. The average molecular weight is 405 g/mol. The molecule has 0 spiro atoms. The van der Waals surface area contributed by atoms with Gasteiger partial charge in [0.05, 0.1) is 12.7 Å². The van der Waals surface area contributed by atoms with Gasteiger partial charge in [-0.3, -0.25) is 4.79 Å². The highest BCUT2D eigenvalue weighted by molar-refractivity contribution is 14.1. The van der Waals surface area contributed by atoms with Crippen LogP contribution in [0.4, 0.5) is 5.69 Å². The van der Waals surface area contributed by atoms with Crippen LogP contribution in [-0.2, 0) is 9.53 Å². The normalized spacial score (nSPS) is 10.7. The van der Waals surface area contributed by atoms with Gasteiger partial charge in [0.15, 0.2) is 0 Å². The Morgan fingerprint density at radius 1 is 1.19 bits per heavy atom. The lowest BCUT2D eigenvalue weighted by Gasteiger charge is -2.09. The van der Waals surface area contributed by atoms with Crippen LogP contribution in [0.5, 0.6) is 5.75 Å². The summed E-state index contributed by atoms with van der Waals surface area (Å²) >= 11 is 2.33. The summed E-state index contributed by atoms with van der Waals surface area (Å²) in [6.07, 6.45) is 2.47. The SMILES string of the molecule is CC(C)OCCCC(=O)Nc1ccc(OCCCI)cc1. The van der Waals surface area contributed by atoms with E-state index in [1.165, 1.54) is 0 Å². The van der Waals surface area contributed by atoms with E-state index in [0.717, 1.165) is 35.3 Å². The van der Waals surface area contributed by atoms with Crippen molar-refractivity contribution in [1.29, 1.82) is 0 Å². The number of amides is 1. The molecule has 0 heterocycles. The number of hydrogen-bond donors (Lipinski definition) is 1. The topological polar surface area (TPSA) is 47.6 Å². The highest BCUT2D eigenvalue weighted by Gasteiger charge is 2.03. The number of ether oxygens (including phenoxy) is 2. The summed E-state index contributed by atoms with van der Waals surface area (Å²) in [7, 11) is 0. The molecule has 0 bridgehead atoms. The molecule has 1 aromatic carbocycles. The summed E-state index contributed by atoms with van der Waals surface area (Å²) in [4.78, 5) is 11.8. The number of benzene rings is 1. The molecule has 1 aromatic rings. The maximum atomic E-state index is 11.8. The van der Waals surface area contributed by atoms with Gasteiger partial charge in [-0.1, -0.05) is 22.6 Å². The van der Waals surface area contributed by atoms with Crippen molar-refractivity contribution in [2.45, 2.75) is 39.2 Å². The zero-order chi connectivity index (χ0) is 15.5. The van der Waals surface area contributed by atoms with Gasteiger partial charge in [0.1, 0.15) is 5.75 Å². The number of carbonyl (C=O) groups is 1. The second kappa shape index (κ2) is 10.8. The predicted molar refractivity (Wildman–Crippen MR) is 94.4 cm³/mol. The quantitative estimate of drug-likeness (QED) is 0.363. The van der Waals surface area contributed by atoms with Crippen LogP contribution < -0.4 is 10.1 Å². The first-order valence-corrected chi connectivity index (χ1v) is 8.84. The molecule has 0 fully saturated rings. The van der Waals surface area contributed by atoms with E-state index in [9.17, 15) is 4.79 Å². The Balaban J connectivity index is 2.26. The first kappa shape index (κ1) is 18.2. The molecule has 1 amide bonds. The van der Waals surface area contributed by atoms with Gasteiger partial charge in [0.25, 0.3) is 0 Å². The molecule has 0 saturated carbocycles. The Morgan fingerprint density at radius 2 is 1.90 bits per heavy atom. The molecule has 0 aliphatic carbocycles. The van der Waals surface area contributed by atoms with Crippen LogP contribution in [0.2, 0.25) is 0 Å². The van der Waals surface area contributed by atoms with Crippen LogP contribution in [-0.4, -0.2) is 29.7 Å². The first-order valence-electron chi connectivity index (χ1n) is 7.32. The number of halogens is 1. The summed E-state index contributed by atoms with van der Waals surface area (Å²) in [5.41, 5.74) is 0.797. The van der Waals surface area contributed by atoms with E-state index in [1.807, 2.05) is 38.1 Å². The van der Waals surface area contributed by atoms with Gasteiger partial charge in [-0.05, 0) is 51.0 Å². The van der Waals surface area contributed by atoms with Gasteiger partial charge >= 0.3 is 0 Å². The van der Waals surface area contributed by atoms with Crippen LogP contribution >= 0.6 is 22.6 Å². The van der Waals surface area contributed by atoms with Gasteiger partial charge in [-0.2, -0.15) is 0 Å². The lowest BCUT2D eigenvalue weighted by atomic mass is 10.2. The van der Waals surface area contributed by atoms with Crippen molar-refractivity contribution < 1.29 is 14.3 Å². The molecular formula is C16H24INO3. The third kappa shape index (κ3) is 8.93. The minimum absolute atomic E-state index is 0.0148. The van der Waals surface area contributed by atoms with E-state index in [0.29, 0.717) is 13.0 Å². The van der Waals surface area contributed by atoms with Gasteiger partial charge in [-0.15, -0.1) is 0 Å². The Kier molecular flexibility index (Phi) is 9.41. The minimum atomic E-state index is 0.0148. The maximum absolute atomic E-state index is 11.8. The molecule has 0 aromatic heterocycles. The lowest BCUT2D eigenvalue weighted by Crippen LogP contribution is -2.13. The molecular weight excluding hydrogens is 381 g/mol. The molecule has 1 N–H and O–H groups in total. The molecule has 21 heavy (non-hydrogen) atoms. The molecule has 0 unspecified atom stereocenters. The van der Waals surface area contributed by atoms with E-state index in [-0.39, 0.29) is 12.0 Å². The van der Waals surface area contributed by atoms with Crippen LogP contribution in [0, 0.1) is 0 Å². The van der Waals surface area contributed by atoms with Gasteiger partial charge in [0.2, 0.25) is 5.91 Å². The van der Waals surface area contributed by atoms with E-state index in [4.69, 9.17) is 9.47 Å². The van der Waals surface area contributed by atoms with Gasteiger partial charge in [-0.25, -0.2) is 0 Å². The molecule has 0 atom stereocenters. The molecule has 4 nitrogen and oxygen atoms in total. The first-order chi connectivity index (χ1) is 10.1. The summed E-state index contributed by atoms with van der Waals surface area (Å²) in [6.45, 7) is 5.33. The Hall–Kier alpha value is -0.820. The average Bonchev–Trinajstić information content (AvgIpc) is 2.45. The Labute approximate surface area is 140 Å². The van der Waals surface area contributed by atoms with Crippen LogP contribution in [0.3, 0.4) is 0 Å². The smallest absolute Gasteiger partial charge is 0.224 e. The zero-order valence-electron chi connectivity index (χ0n) is 12.7.